The van der Waals surface area contributed by atoms with Gasteiger partial charge in [0.2, 0.25) is 10.1 Å². The Labute approximate surface area is 155 Å². The second-order valence-corrected chi connectivity index (χ2v) is 5.98. The Hall–Kier alpha value is -2.84. The lowest BCUT2D eigenvalue weighted by Crippen LogP contribution is -2.12. The zero-order valence-electron chi connectivity index (χ0n) is 13.2. The van der Waals surface area contributed by atoms with E-state index in [-0.39, 0.29) is 12.8 Å². The van der Waals surface area contributed by atoms with E-state index in [0.717, 1.165) is 0 Å². The first-order valence-corrected chi connectivity index (χ1v) is 8.59. The Bertz CT molecular complexity index is 648. The number of thioether (sulfide) groups is 2. The Morgan fingerprint density at radius 2 is 1.15 bits per heavy atom. The molecule has 138 valence electrons. The molecule has 12 nitrogen and oxygen atoms in total. The molecule has 0 unspecified atom stereocenters. The quantitative estimate of drug-likeness (QED) is 0.124. The summed E-state index contributed by atoms with van der Waals surface area (Å²) in [5, 5.41) is 43.3. The van der Waals surface area contributed by atoms with Crippen LogP contribution >= 0.6 is 23.5 Å². The molecule has 14 heteroatoms. The number of carbonyl (C=O) groups excluding carboxylic acids is 2. The summed E-state index contributed by atoms with van der Waals surface area (Å²) < 4.78 is 0. The molecule has 0 atom stereocenters. The van der Waals surface area contributed by atoms with E-state index >= 15 is 0 Å². The van der Waals surface area contributed by atoms with Gasteiger partial charge in [0, 0.05) is 36.4 Å². The number of hydrogen-bond acceptors (Lipinski definition) is 10. The fraction of sp³-hybridized carbons (Fsp3) is 0.500. The number of hydrogen-bond donors (Lipinski definition) is 0. The monoisotopic (exact) mass is 400 g/mol. The van der Waals surface area contributed by atoms with E-state index in [2.05, 4.69) is 10.2 Å². The lowest BCUT2D eigenvalue weighted by molar-refractivity contribution is -0.484. The summed E-state index contributed by atoms with van der Waals surface area (Å²) in [7, 11) is 0. The second kappa shape index (κ2) is 13.5. The minimum absolute atomic E-state index is 0.0341. The largest absolute Gasteiger partial charge is 0.292 e. The van der Waals surface area contributed by atoms with Crippen molar-refractivity contribution in [2.24, 2.45) is 10.2 Å². The van der Waals surface area contributed by atoms with Crippen LogP contribution in [0.5, 0.6) is 0 Å². The average Bonchev–Trinajstić information content (AvgIpc) is 2.56. The van der Waals surface area contributed by atoms with Crippen LogP contribution in [0.25, 0.3) is 0 Å². The molecule has 0 heterocycles. The predicted octanol–water partition coefficient (Wildman–Crippen LogP) is 2.07. The highest BCUT2D eigenvalue weighted by Gasteiger charge is 2.18. The van der Waals surface area contributed by atoms with E-state index in [1.54, 1.807) is 10.8 Å². The number of carbonyl (C=O) groups is 2. The molecule has 0 saturated heterocycles. The number of hydrazone groups is 2. The maximum Gasteiger partial charge on any atom is 0.227 e. The van der Waals surface area contributed by atoms with E-state index in [9.17, 15) is 29.8 Å². The van der Waals surface area contributed by atoms with Crippen LogP contribution in [0.1, 0.15) is 38.5 Å². The summed E-state index contributed by atoms with van der Waals surface area (Å²) in [6, 6.07) is 0. The lowest BCUT2D eigenvalue weighted by Gasteiger charge is -2.01. The molecule has 26 heavy (non-hydrogen) atoms. The Morgan fingerprint density at radius 3 is 1.42 bits per heavy atom. The molecular weight excluding hydrogens is 388 g/mol. The molecule has 0 aromatic carbocycles. The first-order valence-electron chi connectivity index (χ1n) is 6.96. The molecule has 0 aliphatic heterocycles. The van der Waals surface area contributed by atoms with E-state index in [0.29, 0.717) is 49.2 Å². The van der Waals surface area contributed by atoms with Crippen LogP contribution in [0.3, 0.4) is 0 Å². The van der Waals surface area contributed by atoms with Crippen LogP contribution < -0.4 is 0 Å². The maximum atomic E-state index is 11.7. The topological polar surface area (TPSA) is 193 Å². The van der Waals surface area contributed by atoms with Gasteiger partial charge in [-0.15, -0.1) is 0 Å². The lowest BCUT2D eigenvalue weighted by atomic mass is 10.1. The normalized spacial score (nSPS) is 11.3. The van der Waals surface area contributed by atoms with Crippen LogP contribution in [0, 0.1) is 41.6 Å². The first kappa shape index (κ1) is 23.2. The van der Waals surface area contributed by atoms with Gasteiger partial charge in [0.1, 0.15) is 10.8 Å². The van der Waals surface area contributed by atoms with Gasteiger partial charge in [0.25, 0.3) is 0 Å². The molecule has 0 rings (SSSR count). The summed E-state index contributed by atoms with van der Waals surface area (Å²) in [4.78, 5) is 43.9. The fourth-order valence-electron chi connectivity index (χ4n) is 1.64. The van der Waals surface area contributed by atoms with Gasteiger partial charge < -0.3 is 0 Å². The van der Waals surface area contributed by atoms with E-state index in [1.165, 1.54) is 0 Å². The van der Waals surface area contributed by atoms with Crippen molar-refractivity contribution < 1.29 is 19.7 Å². The molecule has 0 N–H and O–H groups in total. The van der Waals surface area contributed by atoms with Gasteiger partial charge >= 0.3 is 0 Å². The van der Waals surface area contributed by atoms with E-state index in [1.807, 2.05) is 0 Å². The van der Waals surface area contributed by atoms with Crippen molar-refractivity contribution in [3.8, 4) is 10.8 Å². The maximum absolute atomic E-state index is 11.7. The van der Waals surface area contributed by atoms with E-state index in [4.69, 9.17) is 10.5 Å². The van der Waals surface area contributed by atoms with Gasteiger partial charge in [0.15, 0.2) is 21.6 Å². The average molecular weight is 400 g/mol. The van der Waals surface area contributed by atoms with Gasteiger partial charge in [-0.25, -0.2) is 20.2 Å². The van der Waals surface area contributed by atoms with Crippen LogP contribution in [-0.4, -0.2) is 31.7 Å². The molecular formula is C12H12N6O6S2. The minimum atomic E-state index is -1.05. The summed E-state index contributed by atoms with van der Waals surface area (Å²) in [6.07, 6.45) is 1.72. The minimum Gasteiger partial charge on any atom is -0.292 e. The number of Topliss-reactive ketones (excluding diaryl/α,β-unsaturated/α-hetero) is 2. The van der Waals surface area contributed by atoms with Crippen molar-refractivity contribution in [1.29, 1.82) is 10.5 Å². The molecule has 0 aliphatic carbocycles. The molecule has 0 radical (unpaired) electrons. The number of unbranched alkanes of at least 4 members (excludes halogenated alkanes) is 3. The highest BCUT2D eigenvalue weighted by atomic mass is 32.2. The number of nitro groups is 2. The number of nitrogens with zero attached hydrogens (tertiary/aromatic N) is 6. The highest BCUT2D eigenvalue weighted by Crippen LogP contribution is 2.12. The number of nitriles is 2. The third kappa shape index (κ3) is 10.8. The van der Waals surface area contributed by atoms with Crippen LogP contribution in [0.4, 0.5) is 0 Å². The standard InChI is InChI=1S/C12H12N6O6S2/c13-7-25-11(15-17(21)22)9(19)5-3-1-2-4-6-10(20)12(26-8-14)16-18(23)24/h1-6H2/b15-11-,16-12-. The van der Waals surface area contributed by atoms with Gasteiger partial charge in [-0.1, -0.05) is 12.8 Å². The fourth-order valence-corrected chi connectivity index (χ4v) is 2.46. The van der Waals surface area contributed by atoms with Crippen molar-refractivity contribution in [3.63, 3.8) is 0 Å². The molecule has 0 amide bonds. The summed E-state index contributed by atoms with van der Waals surface area (Å²) in [5.74, 6) is -1.23. The Balaban J connectivity index is 4.24. The number of rotatable bonds is 11. The zero-order valence-corrected chi connectivity index (χ0v) is 14.8. The van der Waals surface area contributed by atoms with Gasteiger partial charge in [-0.05, 0) is 12.8 Å². The Morgan fingerprint density at radius 1 is 0.808 bits per heavy atom. The number of ketones is 2. The van der Waals surface area contributed by atoms with Crippen LogP contribution in [0.15, 0.2) is 10.2 Å². The SMILES string of the molecule is N#CS/C(=N\[N+](=O)[O-])C(=O)CCCCCCC(=O)/C(=N/[N+](=O)[O-])SC#N. The molecule has 0 saturated carbocycles. The van der Waals surface area contributed by atoms with Crippen LogP contribution in [-0.2, 0) is 9.59 Å². The van der Waals surface area contributed by atoms with Crippen molar-refractivity contribution in [2.75, 3.05) is 0 Å². The molecule has 0 aromatic rings. The number of thiocyanates is 2. The molecule has 0 aromatic heterocycles. The van der Waals surface area contributed by atoms with Crippen molar-refractivity contribution >= 4 is 45.2 Å². The third-order valence-electron chi connectivity index (χ3n) is 2.66. The van der Waals surface area contributed by atoms with Gasteiger partial charge in [-0.3, -0.25) is 9.59 Å². The van der Waals surface area contributed by atoms with Gasteiger partial charge in [0.05, 0.1) is 10.2 Å². The first-order chi connectivity index (χ1) is 12.3. The summed E-state index contributed by atoms with van der Waals surface area (Å²) >= 11 is 0.641. The molecule has 0 spiro atoms. The van der Waals surface area contributed by atoms with E-state index < -0.39 is 31.7 Å². The summed E-state index contributed by atoms with van der Waals surface area (Å²) in [6.45, 7) is 0. The second-order valence-electron chi connectivity index (χ2n) is 4.43. The molecule has 0 fully saturated rings. The third-order valence-corrected chi connectivity index (χ3v) is 3.85. The highest BCUT2D eigenvalue weighted by molar-refractivity contribution is 8.19. The molecule has 0 aliphatic rings. The molecule has 0 bridgehead atoms. The van der Waals surface area contributed by atoms with Crippen molar-refractivity contribution in [3.05, 3.63) is 20.2 Å². The zero-order chi connectivity index (χ0) is 19.9. The smallest absolute Gasteiger partial charge is 0.227 e. The van der Waals surface area contributed by atoms with Crippen LogP contribution in [0.2, 0.25) is 0 Å². The summed E-state index contributed by atoms with van der Waals surface area (Å²) in [5.41, 5.74) is 0. The Kier molecular flexibility index (Phi) is 12.0. The van der Waals surface area contributed by atoms with Crippen molar-refractivity contribution in [2.45, 2.75) is 38.5 Å². The predicted molar refractivity (Wildman–Crippen MR) is 93.0 cm³/mol. The van der Waals surface area contributed by atoms with Gasteiger partial charge in [-0.2, -0.15) is 10.5 Å². The van der Waals surface area contributed by atoms with Crippen molar-refractivity contribution in [1.82, 2.24) is 0 Å².